The number of hydrogen-bond donors (Lipinski definition) is 2. The summed E-state index contributed by atoms with van der Waals surface area (Å²) < 4.78 is 0. The van der Waals surface area contributed by atoms with Crippen LogP contribution in [0.25, 0.3) is 0 Å². The van der Waals surface area contributed by atoms with E-state index < -0.39 is 0 Å². The van der Waals surface area contributed by atoms with Gasteiger partial charge in [-0.2, -0.15) is 0 Å². The van der Waals surface area contributed by atoms with Crippen LogP contribution in [0.3, 0.4) is 0 Å². The van der Waals surface area contributed by atoms with Crippen molar-refractivity contribution >= 4 is 6.21 Å². The molecule has 0 atom stereocenters. The molecule has 0 aliphatic rings. The topological polar surface area (TPSA) is 67.8 Å². The molecule has 4 heteroatoms. The lowest BCUT2D eigenvalue weighted by Gasteiger charge is -1.78. The molecular formula is C2H5N2O2. The minimum atomic E-state index is 0.0243. The van der Waals surface area contributed by atoms with Gasteiger partial charge in [-0.25, -0.2) is 5.90 Å². The molecule has 0 saturated carbocycles. The molecule has 0 aliphatic carbocycles. The summed E-state index contributed by atoms with van der Waals surface area (Å²) in [6, 6.07) is 0. The fraction of sp³-hybridized carbons (Fsp3) is 0.500. The maximum atomic E-state index is 7.58. The fourth-order valence-corrected chi connectivity index (χ4v) is 0.0661. The van der Waals surface area contributed by atoms with Crippen LogP contribution in [0.1, 0.15) is 0 Å². The zero-order valence-corrected chi connectivity index (χ0v) is 3.09. The SMILES string of the molecule is NOC[C]=NO. The molecule has 0 spiro atoms. The van der Waals surface area contributed by atoms with Gasteiger partial charge in [0.25, 0.3) is 0 Å². The lowest BCUT2D eigenvalue weighted by molar-refractivity contribution is 0.177. The van der Waals surface area contributed by atoms with Gasteiger partial charge in [0.2, 0.25) is 0 Å². The van der Waals surface area contributed by atoms with Crippen molar-refractivity contribution in [3.05, 3.63) is 0 Å². The van der Waals surface area contributed by atoms with E-state index in [2.05, 4.69) is 15.9 Å². The molecule has 0 saturated heterocycles. The first kappa shape index (κ1) is 5.39. The Hall–Kier alpha value is -0.610. The second-order valence-electron chi connectivity index (χ2n) is 0.569. The second-order valence-corrected chi connectivity index (χ2v) is 0.569. The highest BCUT2D eigenvalue weighted by molar-refractivity contribution is 5.57. The highest BCUT2D eigenvalue weighted by atomic mass is 16.6. The Morgan fingerprint density at radius 3 is 2.83 bits per heavy atom. The van der Waals surface area contributed by atoms with Crippen LogP contribution >= 0.6 is 0 Å². The maximum Gasteiger partial charge on any atom is 0.135 e. The fourth-order valence-electron chi connectivity index (χ4n) is 0.0661. The third-order valence-corrected chi connectivity index (χ3v) is 0.219. The molecule has 3 N–H and O–H groups in total. The molecule has 0 aromatic rings. The van der Waals surface area contributed by atoms with Crippen LogP contribution in [0.4, 0.5) is 0 Å². The maximum absolute atomic E-state index is 7.58. The summed E-state index contributed by atoms with van der Waals surface area (Å²) in [6.07, 6.45) is 2.03. The number of nitrogens with two attached hydrogens (primary N) is 1. The van der Waals surface area contributed by atoms with Crippen molar-refractivity contribution in [1.29, 1.82) is 0 Å². The van der Waals surface area contributed by atoms with E-state index in [4.69, 9.17) is 5.21 Å². The minimum Gasteiger partial charge on any atom is -0.411 e. The van der Waals surface area contributed by atoms with Gasteiger partial charge in [0.05, 0.1) is 0 Å². The zero-order valence-electron chi connectivity index (χ0n) is 3.09. The van der Waals surface area contributed by atoms with Gasteiger partial charge in [0, 0.05) is 0 Å². The lowest BCUT2D eigenvalue weighted by atomic mass is 10.8. The molecule has 0 aromatic carbocycles. The van der Waals surface area contributed by atoms with Crippen LogP contribution in [0.2, 0.25) is 0 Å². The molecule has 4 nitrogen and oxygen atoms in total. The molecule has 6 heavy (non-hydrogen) atoms. The van der Waals surface area contributed by atoms with Crippen molar-refractivity contribution in [2.24, 2.45) is 11.1 Å². The van der Waals surface area contributed by atoms with Crippen molar-refractivity contribution in [1.82, 2.24) is 0 Å². The van der Waals surface area contributed by atoms with Crippen LogP contribution in [0.15, 0.2) is 5.16 Å². The van der Waals surface area contributed by atoms with Crippen LogP contribution in [0, 0.1) is 0 Å². The molecule has 0 amide bonds. The van der Waals surface area contributed by atoms with Crippen molar-refractivity contribution in [2.75, 3.05) is 6.61 Å². The zero-order chi connectivity index (χ0) is 4.83. The molecule has 0 unspecified atom stereocenters. The highest BCUT2D eigenvalue weighted by Gasteiger charge is 1.68. The normalized spacial score (nSPS) is 10.2. The van der Waals surface area contributed by atoms with E-state index in [0.29, 0.717) is 0 Å². The lowest BCUT2D eigenvalue weighted by Crippen LogP contribution is -2.00. The summed E-state index contributed by atoms with van der Waals surface area (Å²) in [6.45, 7) is 0.0243. The van der Waals surface area contributed by atoms with E-state index in [1.165, 1.54) is 0 Å². The number of nitrogens with zero attached hydrogens (tertiary/aromatic N) is 1. The van der Waals surface area contributed by atoms with E-state index >= 15 is 0 Å². The Bertz CT molecular complexity index is 44.8. The van der Waals surface area contributed by atoms with E-state index in [-0.39, 0.29) is 6.61 Å². The quantitative estimate of drug-likeness (QED) is 0.265. The van der Waals surface area contributed by atoms with Gasteiger partial charge in [-0.05, 0) is 0 Å². The Kier molecular flexibility index (Phi) is 3.94. The van der Waals surface area contributed by atoms with Gasteiger partial charge >= 0.3 is 0 Å². The van der Waals surface area contributed by atoms with Gasteiger partial charge in [0.1, 0.15) is 12.8 Å². The third-order valence-electron chi connectivity index (χ3n) is 0.219. The van der Waals surface area contributed by atoms with Gasteiger partial charge in [-0.15, -0.1) is 0 Å². The van der Waals surface area contributed by atoms with Crippen LogP contribution in [0.5, 0.6) is 0 Å². The molecule has 35 valence electrons. The third kappa shape index (κ3) is 3.39. The van der Waals surface area contributed by atoms with Gasteiger partial charge in [-0.3, -0.25) is 4.84 Å². The Balaban J connectivity index is 2.66. The summed E-state index contributed by atoms with van der Waals surface area (Å²) in [5, 5.41) is 10.0. The van der Waals surface area contributed by atoms with Gasteiger partial charge in [0.15, 0.2) is 0 Å². The van der Waals surface area contributed by atoms with Crippen molar-refractivity contribution in [3.8, 4) is 0 Å². The van der Waals surface area contributed by atoms with E-state index in [1.54, 1.807) is 0 Å². The van der Waals surface area contributed by atoms with Crippen LogP contribution in [-0.2, 0) is 4.84 Å². The smallest absolute Gasteiger partial charge is 0.135 e. The molecular weight excluding hydrogens is 84.0 g/mol. The van der Waals surface area contributed by atoms with Crippen LogP contribution in [-0.4, -0.2) is 18.0 Å². The monoisotopic (exact) mass is 89.0 g/mol. The molecule has 0 bridgehead atoms. The van der Waals surface area contributed by atoms with Crippen molar-refractivity contribution in [3.63, 3.8) is 0 Å². The summed E-state index contributed by atoms with van der Waals surface area (Å²) >= 11 is 0. The molecule has 0 aliphatic heterocycles. The van der Waals surface area contributed by atoms with Gasteiger partial charge < -0.3 is 5.21 Å². The number of rotatable bonds is 2. The molecule has 0 rings (SSSR count). The average molecular weight is 89.1 g/mol. The highest BCUT2D eigenvalue weighted by Crippen LogP contribution is 1.52. The summed E-state index contributed by atoms with van der Waals surface area (Å²) in [7, 11) is 0. The van der Waals surface area contributed by atoms with Gasteiger partial charge in [-0.1, -0.05) is 5.16 Å². The largest absolute Gasteiger partial charge is 0.411 e. The van der Waals surface area contributed by atoms with Crippen molar-refractivity contribution < 1.29 is 10.0 Å². The molecule has 1 radical (unpaired) electrons. The van der Waals surface area contributed by atoms with Crippen LogP contribution < -0.4 is 5.90 Å². The first-order valence-electron chi connectivity index (χ1n) is 1.30. The first-order chi connectivity index (χ1) is 2.91. The Morgan fingerprint density at radius 2 is 2.67 bits per heavy atom. The summed E-state index contributed by atoms with van der Waals surface area (Å²) in [5.74, 6) is 4.48. The molecule has 0 fully saturated rings. The molecule has 0 aromatic heterocycles. The predicted molar refractivity (Wildman–Crippen MR) is 19.4 cm³/mol. The Labute approximate surface area is 35.2 Å². The van der Waals surface area contributed by atoms with E-state index in [0.717, 1.165) is 0 Å². The minimum absolute atomic E-state index is 0.0243. The standard InChI is InChI=1S/C2H5N2O2/c3-6-2-1-4-5/h5H,2-3H2. The molecule has 0 heterocycles. The first-order valence-corrected chi connectivity index (χ1v) is 1.30. The summed E-state index contributed by atoms with van der Waals surface area (Å²) in [5.41, 5.74) is 0. The van der Waals surface area contributed by atoms with E-state index in [1.807, 2.05) is 6.21 Å². The second kappa shape index (κ2) is 4.39. The summed E-state index contributed by atoms with van der Waals surface area (Å²) in [4.78, 5) is 3.92. The predicted octanol–water partition coefficient (Wildman–Crippen LogP) is -0.786. The van der Waals surface area contributed by atoms with Crippen molar-refractivity contribution in [2.45, 2.75) is 0 Å². The average Bonchev–Trinajstić information content (AvgIpc) is 1.61. The Morgan fingerprint density at radius 1 is 2.00 bits per heavy atom. The number of hydrogen-bond acceptors (Lipinski definition) is 4. The van der Waals surface area contributed by atoms with E-state index in [9.17, 15) is 0 Å².